The van der Waals surface area contributed by atoms with Crippen molar-refractivity contribution in [1.29, 1.82) is 0 Å². The van der Waals surface area contributed by atoms with Gasteiger partial charge in [-0.2, -0.15) is 0 Å². The maximum atomic E-state index is 6.65. The van der Waals surface area contributed by atoms with E-state index in [-0.39, 0.29) is 20.1 Å². The smallest absolute Gasteiger partial charge is 0.143 e. The fourth-order valence-corrected chi connectivity index (χ4v) is 7.66. The first kappa shape index (κ1) is 35.3. The molecule has 0 aliphatic carbocycles. The topological polar surface area (TPSA) is 52.1 Å². The van der Waals surface area contributed by atoms with Gasteiger partial charge in [0.25, 0.3) is 0 Å². The van der Waals surface area contributed by atoms with Crippen LogP contribution in [0.15, 0.2) is 161 Å². The molecule has 271 valence electrons. The maximum Gasteiger partial charge on any atom is 0.143 e. The van der Waals surface area contributed by atoms with Crippen LogP contribution in [0.5, 0.6) is 0 Å². The summed E-state index contributed by atoms with van der Waals surface area (Å²) in [6, 6.07) is 54.5. The van der Waals surface area contributed by atoms with Crippen LogP contribution in [0.25, 0.3) is 99.1 Å². The van der Waals surface area contributed by atoms with Crippen molar-refractivity contribution in [2.75, 3.05) is 0 Å². The second kappa shape index (κ2) is 14.4. The van der Waals surface area contributed by atoms with Crippen LogP contribution in [0.1, 0.15) is 16.7 Å². The van der Waals surface area contributed by atoms with Gasteiger partial charge in [0.2, 0.25) is 0 Å². The largest absolute Gasteiger partial charge is 0.455 e. The summed E-state index contributed by atoms with van der Waals surface area (Å²) in [6.45, 7) is 6.24. The third-order valence-electron chi connectivity index (χ3n) is 10.6. The number of hydrogen-bond donors (Lipinski definition) is 0. The van der Waals surface area contributed by atoms with Gasteiger partial charge in [0.1, 0.15) is 22.3 Å². The molecule has 0 bridgehead atoms. The van der Waals surface area contributed by atoms with E-state index >= 15 is 0 Å². The van der Waals surface area contributed by atoms with E-state index in [0.717, 1.165) is 99.1 Å². The van der Waals surface area contributed by atoms with Gasteiger partial charge in [0.15, 0.2) is 0 Å². The Morgan fingerprint density at radius 2 is 1.14 bits per heavy atom. The quantitative estimate of drug-likeness (QED) is 0.166. The van der Waals surface area contributed by atoms with Gasteiger partial charge in [0, 0.05) is 76.4 Å². The van der Waals surface area contributed by atoms with E-state index in [4.69, 9.17) is 13.8 Å². The van der Waals surface area contributed by atoms with Gasteiger partial charge in [-0.3, -0.25) is 0 Å². The predicted molar refractivity (Wildman–Crippen MR) is 226 cm³/mol. The Balaban J connectivity index is 0.000000217. The van der Waals surface area contributed by atoms with Crippen molar-refractivity contribution in [3.63, 3.8) is 0 Å². The van der Waals surface area contributed by atoms with Crippen LogP contribution in [0.3, 0.4) is 0 Å². The molecule has 0 atom stereocenters. The van der Waals surface area contributed by atoms with E-state index < -0.39 is 0 Å². The zero-order valence-electron chi connectivity index (χ0n) is 31.0. The first-order valence-electron chi connectivity index (χ1n) is 18.5. The van der Waals surface area contributed by atoms with Crippen LogP contribution >= 0.6 is 0 Å². The second-order valence-electron chi connectivity index (χ2n) is 14.2. The summed E-state index contributed by atoms with van der Waals surface area (Å²) in [5, 5.41) is 8.85. The Bertz CT molecular complexity index is 3110. The molecule has 11 rings (SSSR count). The van der Waals surface area contributed by atoms with Crippen molar-refractivity contribution in [2.24, 2.45) is 0 Å². The predicted octanol–water partition coefficient (Wildman–Crippen LogP) is 13.8. The molecule has 0 amide bonds. The molecule has 1 radical (unpaired) electrons. The van der Waals surface area contributed by atoms with Crippen LogP contribution in [0, 0.1) is 32.9 Å². The van der Waals surface area contributed by atoms with E-state index in [2.05, 4.69) is 147 Å². The fraction of sp³-hybridized carbons (Fsp3) is 0.0588. The minimum Gasteiger partial charge on any atom is -0.455 e. The van der Waals surface area contributed by atoms with Crippen molar-refractivity contribution in [3.8, 4) is 33.6 Å². The van der Waals surface area contributed by atoms with Crippen LogP contribution < -0.4 is 0 Å². The van der Waals surface area contributed by atoms with Crippen molar-refractivity contribution >= 4 is 65.4 Å². The Labute approximate surface area is 337 Å². The summed E-state index contributed by atoms with van der Waals surface area (Å²) < 4.78 is 13.3. The third kappa shape index (κ3) is 6.06. The molecule has 4 aromatic heterocycles. The van der Waals surface area contributed by atoms with Gasteiger partial charge in [-0.15, -0.1) is 71.3 Å². The number of nitrogens with zero attached hydrogens (tertiary/aromatic N) is 2. The molecule has 5 heteroatoms. The Hall–Kier alpha value is -6.39. The SMILES string of the molecule is Cc1c[c-]c(-c2cc(C)c(C)cn2)cc1.[Ir].[c-]1ccccc1-c1cc(-c2c3c(cc4oc5c6ccccc6ccc5c24)oc2c4ccccc4ccc23)ccn1. The van der Waals surface area contributed by atoms with Gasteiger partial charge in [-0.05, 0) is 65.3 Å². The molecule has 0 saturated heterocycles. The second-order valence-corrected chi connectivity index (χ2v) is 14.2. The van der Waals surface area contributed by atoms with Gasteiger partial charge in [-0.25, -0.2) is 0 Å². The molecule has 0 fully saturated rings. The van der Waals surface area contributed by atoms with E-state index in [0.29, 0.717) is 0 Å². The van der Waals surface area contributed by atoms with Gasteiger partial charge in [0.05, 0.1) is 0 Å². The maximum absolute atomic E-state index is 6.65. The summed E-state index contributed by atoms with van der Waals surface area (Å²) in [4.78, 5) is 9.11. The van der Waals surface area contributed by atoms with Crippen molar-refractivity contribution in [2.45, 2.75) is 20.8 Å². The Morgan fingerprint density at radius 1 is 0.518 bits per heavy atom. The Kier molecular flexibility index (Phi) is 9.05. The number of aromatic nitrogens is 2. The van der Waals surface area contributed by atoms with E-state index in [1.165, 1.54) is 16.7 Å². The van der Waals surface area contributed by atoms with Gasteiger partial charge < -0.3 is 18.8 Å². The average molecular weight is 899 g/mol. The number of fused-ring (bicyclic) bond motifs is 10. The summed E-state index contributed by atoms with van der Waals surface area (Å²) in [6.07, 6.45) is 3.80. The first-order chi connectivity index (χ1) is 27.0. The van der Waals surface area contributed by atoms with Crippen LogP contribution in [0.2, 0.25) is 0 Å². The molecule has 0 N–H and O–H groups in total. The minimum absolute atomic E-state index is 0. The minimum atomic E-state index is 0. The number of benzene rings is 7. The molecule has 0 aliphatic heterocycles. The molecule has 0 spiro atoms. The number of hydrogen-bond acceptors (Lipinski definition) is 4. The monoisotopic (exact) mass is 899 g/mol. The zero-order chi connectivity index (χ0) is 37.0. The zero-order valence-corrected chi connectivity index (χ0v) is 33.4. The molecule has 4 heterocycles. The van der Waals surface area contributed by atoms with E-state index in [1.807, 2.05) is 42.7 Å². The molecule has 7 aromatic carbocycles. The number of rotatable bonds is 3. The average Bonchev–Trinajstić information content (AvgIpc) is 3.80. The first-order valence-corrected chi connectivity index (χ1v) is 18.5. The molecule has 11 aromatic rings. The van der Waals surface area contributed by atoms with Crippen LogP contribution in [-0.4, -0.2) is 9.97 Å². The third-order valence-corrected chi connectivity index (χ3v) is 10.6. The number of furan rings is 2. The van der Waals surface area contributed by atoms with E-state index in [1.54, 1.807) is 0 Å². The van der Waals surface area contributed by atoms with Crippen LogP contribution in [-0.2, 0) is 20.1 Å². The molecule has 0 aliphatic rings. The molecule has 56 heavy (non-hydrogen) atoms. The molecule has 0 unspecified atom stereocenters. The molecule has 0 saturated carbocycles. The summed E-state index contributed by atoms with van der Waals surface area (Å²) in [5.41, 5.74) is 13.2. The van der Waals surface area contributed by atoms with Crippen molar-refractivity contribution in [3.05, 3.63) is 181 Å². The Morgan fingerprint density at radius 3 is 1.75 bits per heavy atom. The molecular weight excluding hydrogens is 865 g/mol. The number of aryl methyl sites for hydroxylation is 3. The molecule has 4 nitrogen and oxygen atoms in total. The number of pyridine rings is 2. The van der Waals surface area contributed by atoms with Gasteiger partial charge >= 0.3 is 0 Å². The normalized spacial score (nSPS) is 11.3. The van der Waals surface area contributed by atoms with E-state index in [9.17, 15) is 0 Å². The van der Waals surface area contributed by atoms with Crippen molar-refractivity contribution in [1.82, 2.24) is 9.97 Å². The summed E-state index contributed by atoms with van der Waals surface area (Å²) in [5.74, 6) is 0. The van der Waals surface area contributed by atoms with Crippen molar-refractivity contribution < 1.29 is 28.9 Å². The van der Waals surface area contributed by atoms with Crippen LogP contribution in [0.4, 0.5) is 0 Å². The molecular formula is C51H34IrN2O2-2. The standard InChI is InChI=1S/C37H20NO2.C14H14N.Ir/c1-2-10-24(11-3-1)30-20-25(18-19-38-30)33-34-28-16-14-22-8-4-6-12-26(22)36(28)39-31(34)21-32-35(33)29-17-15-23-9-5-7-13-27(23)37(29)40-32;1-10-4-6-13(7-5-10)14-8-11(2)12(3)9-15-14;/h1-10,12-21H;4-6,8-9H,1-3H3;/q2*-1;. The summed E-state index contributed by atoms with van der Waals surface area (Å²) >= 11 is 0. The summed E-state index contributed by atoms with van der Waals surface area (Å²) in [7, 11) is 0. The van der Waals surface area contributed by atoms with Gasteiger partial charge in [-0.1, -0.05) is 85.3 Å². The fourth-order valence-electron chi connectivity index (χ4n) is 7.66.